The predicted molar refractivity (Wildman–Crippen MR) is 229 cm³/mol. The Morgan fingerprint density at radius 3 is 1.95 bits per heavy atom. The van der Waals surface area contributed by atoms with Gasteiger partial charge in [0.25, 0.3) is 0 Å². The molecule has 9 amide bonds. The number of carbonyl (C=O) groups is 10. The summed E-state index contributed by atoms with van der Waals surface area (Å²) in [4.78, 5) is 132. The molecule has 22 heteroatoms. The Balaban J connectivity index is 3.74. The maximum atomic E-state index is 14.0. The second-order valence-electron chi connectivity index (χ2n) is 17.1. The van der Waals surface area contributed by atoms with Crippen LogP contribution in [0.2, 0.25) is 0 Å². The Morgan fingerprint density at radius 1 is 0.857 bits per heavy atom. The van der Waals surface area contributed by atoms with Gasteiger partial charge in [-0.1, -0.05) is 46.3 Å². The SMILES string of the molecule is CC[C@H](C)[C@@H]1NC(=O)[C@H](C)NC(=O)[C@@](C)(NC(=O)[C@H](CCC(N)=O)NC(=O)[C@H](N)[C@@H](C)O)CCC/C=C/CCC[C@@](C)(C(=O)N[C@H](C(N)=O)C(C)C)NC(=O)[C@H](CC(=O)O)NC1=O. The van der Waals surface area contributed by atoms with Crippen molar-refractivity contribution in [1.29, 1.82) is 0 Å². The van der Waals surface area contributed by atoms with E-state index in [0.717, 1.165) is 0 Å². The number of hydrogen-bond donors (Lipinski definition) is 12. The van der Waals surface area contributed by atoms with Crippen LogP contribution in [-0.4, -0.2) is 123 Å². The molecule has 0 saturated heterocycles. The lowest BCUT2D eigenvalue weighted by molar-refractivity contribution is -0.142. The minimum Gasteiger partial charge on any atom is -0.481 e. The minimum absolute atomic E-state index is 0.0169. The molecule has 0 aromatic carbocycles. The number of hydrogen-bond acceptors (Lipinski definition) is 12. The number of carboxylic acid groups (broad SMARTS) is 1. The number of aliphatic hydroxyl groups excluding tert-OH is 1. The maximum absolute atomic E-state index is 14.0. The molecule has 15 N–H and O–H groups in total. The highest BCUT2D eigenvalue weighted by Gasteiger charge is 2.42. The monoisotopic (exact) mass is 895 g/mol. The molecule has 1 aliphatic heterocycles. The summed E-state index contributed by atoms with van der Waals surface area (Å²) in [5.41, 5.74) is 13.1. The van der Waals surface area contributed by atoms with Crippen LogP contribution in [0, 0.1) is 11.8 Å². The number of primary amides is 2. The summed E-state index contributed by atoms with van der Waals surface area (Å²) in [5, 5.41) is 37.3. The van der Waals surface area contributed by atoms with E-state index in [0.29, 0.717) is 19.3 Å². The number of nitrogens with one attached hydrogen (secondary N) is 7. The highest BCUT2D eigenvalue weighted by molar-refractivity contribution is 6.00. The smallest absolute Gasteiger partial charge is 0.305 e. The maximum Gasteiger partial charge on any atom is 0.305 e. The van der Waals surface area contributed by atoms with Crippen LogP contribution in [-0.2, 0) is 47.9 Å². The van der Waals surface area contributed by atoms with Gasteiger partial charge in [0, 0.05) is 6.42 Å². The second kappa shape index (κ2) is 25.5. The van der Waals surface area contributed by atoms with E-state index in [-0.39, 0.29) is 38.5 Å². The van der Waals surface area contributed by atoms with Gasteiger partial charge in [-0.15, -0.1) is 0 Å². The first-order valence-corrected chi connectivity index (χ1v) is 21.2. The lowest BCUT2D eigenvalue weighted by Gasteiger charge is -2.34. The molecule has 356 valence electrons. The quantitative estimate of drug-likeness (QED) is 0.0728. The number of nitrogens with two attached hydrogens (primary N) is 3. The van der Waals surface area contributed by atoms with Crippen molar-refractivity contribution >= 4 is 59.1 Å². The van der Waals surface area contributed by atoms with E-state index in [4.69, 9.17) is 17.2 Å². The van der Waals surface area contributed by atoms with Crippen molar-refractivity contribution in [3.63, 3.8) is 0 Å². The number of amides is 9. The van der Waals surface area contributed by atoms with Crippen LogP contribution in [0.3, 0.4) is 0 Å². The van der Waals surface area contributed by atoms with Crippen LogP contribution in [0.15, 0.2) is 12.2 Å². The van der Waals surface area contributed by atoms with Crippen molar-refractivity contribution in [3.8, 4) is 0 Å². The number of carboxylic acids is 1. The molecule has 22 nitrogen and oxygen atoms in total. The van der Waals surface area contributed by atoms with E-state index in [9.17, 15) is 58.2 Å². The summed E-state index contributed by atoms with van der Waals surface area (Å²) in [5.74, 6) is -10.3. The highest BCUT2D eigenvalue weighted by atomic mass is 16.4. The third kappa shape index (κ3) is 17.9. The standard InChI is InChI=1S/C41H70N10O12/c1-9-22(4)31-37(61)47-26(20-28(54)55)35(59)51-41(8,39(63)49-30(21(2)3)32(44)56)19-15-13-11-10-12-14-18-40(7,38(62)45-23(5)33(57)48-31)50-34(58)25(16-17-27(42)53)46-36(60)29(43)24(6)52/h10-11,21-26,29-31,52H,9,12-20,43H2,1-8H3,(H2,42,53)(H2,44,56)(H,45,62)(H,46,60)(H,47,61)(H,48,57)(H,49,63)(H,50,58)(H,51,59)(H,54,55)/b11-10+/t22-,23-,24+,25-,26-,29+,30-,31-,40-,41-/m0/s1. The Morgan fingerprint density at radius 2 is 1.44 bits per heavy atom. The Bertz CT molecular complexity index is 1710. The van der Waals surface area contributed by atoms with Gasteiger partial charge in [0.05, 0.1) is 12.5 Å². The van der Waals surface area contributed by atoms with Crippen molar-refractivity contribution in [2.24, 2.45) is 29.0 Å². The van der Waals surface area contributed by atoms with E-state index in [1.807, 2.05) is 0 Å². The number of aliphatic carboxylic acids is 1. The highest BCUT2D eigenvalue weighted by Crippen LogP contribution is 2.20. The zero-order valence-corrected chi connectivity index (χ0v) is 37.6. The van der Waals surface area contributed by atoms with Crippen molar-refractivity contribution in [2.75, 3.05) is 0 Å². The van der Waals surface area contributed by atoms with E-state index < -0.39 is 131 Å². The molecule has 1 aliphatic rings. The van der Waals surface area contributed by atoms with Gasteiger partial charge in [0.2, 0.25) is 53.2 Å². The average Bonchev–Trinajstić information content (AvgIpc) is 3.18. The summed E-state index contributed by atoms with van der Waals surface area (Å²) in [7, 11) is 0. The van der Waals surface area contributed by atoms with Crippen LogP contribution in [0.4, 0.5) is 0 Å². The molecule has 0 aliphatic carbocycles. The molecular weight excluding hydrogens is 825 g/mol. The molecule has 0 saturated carbocycles. The lowest BCUT2D eigenvalue weighted by atomic mass is 9.91. The third-order valence-corrected chi connectivity index (χ3v) is 11.0. The topological polar surface area (TPSA) is 373 Å². The summed E-state index contributed by atoms with van der Waals surface area (Å²) < 4.78 is 0. The van der Waals surface area contributed by atoms with Gasteiger partial charge < -0.3 is 64.6 Å². The van der Waals surface area contributed by atoms with Gasteiger partial charge in [-0.25, -0.2) is 0 Å². The molecule has 0 bridgehead atoms. The van der Waals surface area contributed by atoms with Crippen molar-refractivity contribution in [1.82, 2.24) is 37.2 Å². The first-order valence-electron chi connectivity index (χ1n) is 21.2. The molecule has 0 unspecified atom stereocenters. The zero-order chi connectivity index (χ0) is 48.4. The van der Waals surface area contributed by atoms with Crippen LogP contribution >= 0.6 is 0 Å². The molecule has 63 heavy (non-hydrogen) atoms. The molecular formula is C41H70N10O12. The Kier molecular flexibility index (Phi) is 22.4. The molecule has 0 aromatic heterocycles. The van der Waals surface area contributed by atoms with Gasteiger partial charge >= 0.3 is 5.97 Å². The lowest BCUT2D eigenvalue weighted by Crippen LogP contribution is -2.65. The zero-order valence-electron chi connectivity index (χ0n) is 37.6. The fourth-order valence-corrected chi connectivity index (χ4v) is 6.52. The van der Waals surface area contributed by atoms with Gasteiger partial charge in [0.15, 0.2) is 0 Å². The molecule has 1 rings (SSSR count). The molecule has 0 fully saturated rings. The van der Waals surface area contributed by atoms with E-state index in [2.05, 4.69) is 37.2 Å². The first-order chi connectivity index (χ1) is 29.2. The number of rotatable bonds is 16. The Labute approximate surface area is 368 Å². The van der Waals surface area contributed by atoms with E-state index in [1.165, 1.54) is 27.7 Å². The Hall–Kier alpha value is -5.64. The number of allylic oxidation sites excluding steroid dienone is 2. The number of aliphatic hydroxyl groups is 1. The summed E-state index contributed by atoms with van der Waals surface area (Å²) >= 11 is 0. The average molecular weight is 895 g/mol. The normalized spacial score (nSPS) is 26.3. The van der Waals surface area contributed by atoms with Gasteiger partial charge in [0.1, 0.15) is 47.3 Å². The van der Waals surface area contributed by atoms with Crippen LogP contribution in [0.5, 0.6) is 0 Å². The molecule has 0 spiro atoms. The summed E-state index contributed by atoms with van der Waals surface area (Å²) in [6.45, 7) is 12.0. The predicted octanol–water partition coefficient (Wildman–Crippen LogP) is -2.27. The molecule has 10 atom stereocenters. The van der Waals surface area contributed by atoms with Crippen molar-refractivity contribution in [2.45, 2.75) is 173 Å². The van der Waals surface area contributed by atoms with Gasteiger partial charge in [-0.2, -0.15) is 0 Å². The van der Waals surface area contributed by atoms with Crippen LogP contribution in [0.1, 0.15) is 120 Å². The minimum atomic E-state index is -1.75. The molecule has 1 heterocycles. The molecule has 0 radical (unpaired) electrons. The third-order valence-electron chi connectivity index (χ3n) is 11.0. The largest absolute Gasteiger partial charge is 0.481 e. The second-order valence-corrected chi connectivity index (χ2v) is 17.1. The van der Waals surface area contributed by atoms with Crippen LogP contribution < -0.4 is 54.4 Å². The summed E-state index contributed by atoms with van der Waals surface area (Å²) in [6.07, 6.45) is 2.34. The fraction of sp³-hybridized carbons (Fsp3) is 0.707. The van der Waals surface area contributed by atoms with Crippen molar-refractivity contribution < 1.29 is 58.2 Å². The van der Waals surface area contributed by atoms with E-state index in [1.54, 1.807) is 39.8 Å². The van der Waals surface area contributed by atoms with Gasteiger partial charge in [-0.3, -0.25) is 47.9 Å². The van der Waals surface area contributed by atoms with E-state index >= 15 is 0 Å². The first kappa shape index (κ1) is 55.4. The van der Waals surface area contributed by atoms with Crippen LogP contribution in [0.25, 0.3) is 0 Å². The number of carbonyl (C=O) groups excluding carboxylic acids is 9. The molecule has 0 aromatic rings. The van der Waals surface area contributed by atoms with Gasteiger partial charge in [-0.05, 0) is 84.5 Å². The van der Waals surface area contributed by atoms with Crippen molar-refractivity contribution in [3.05, 3.63) is 12.2 Å². The fourth-order valence-electron chi connectivity index (χ4n) is 6.52. The summed E-state index contributed by atoms with van der Waals surface area (Å²) in [6, 6.07) is -8.42.